The van der Waals surface area contributed by atoms with Gasteiger partial charge >= 0.3 is 12.1 Å². The highest BCUT2D eigenvalue weighted by molar-refractivity contribution is 5.81. The van der Waals surface area contributed by atoms with Gasteiger partial charge in [0.15, 0.2) is 0 Å². The minimum Gasteiger partial charge on any atom is -0.497 e. The van der Waals surface area contributed by atoms with Crippen LogP contribution in [0.15, 0.2) is 52.9 Å². The third-order valence-corrected chi connectivity index (χ3v) is 7.85. The van der Waals surface area contributed by atoms with Crippen molar-refractivity contribution in [2.45, 2.75) is 78.6 Å². The molecule has 1 N–H and O–H groups in total. The Morgan fingerprint density at radius 3 is 2.50 bits per heavy atom. The lowest BCUT2D eigenvalue weighted by Crippen LogP contribution is -2.50. The zero-order valence-corrected chi connectivity index (χ0v) is 25.2. The number of methoxy groups -OCH3 is 1. The van der Waals surface area contributed by atoms with E-state index in [2.05, 4.69) is 4.98 Å². The Hall–Kier alpha value is -3.85. The average molecular weight is 579 g/mol. The number of hydrogen-bond donors (Lipinski definition) is 1. The molecule has 1 fully saturated rings. The second kappa shape index (κ2) is 14.4. The summed E-state index contributed by atoms with van der Waals surface area (Å²) in [7, 11) is 1.56. The van der Waals surface area contributed by atoms with Gasteiger partial charge in [-0.1, -0.05) is 44.4 Å². The van der Waals surface area contributed by atoms with Crippen LogP contribution in [0.4, 0.5) is 4.79 Å². The molecule has 0 aliphatic heterocycles. The molecule has 0 radical (unpaired) electrons. The second-order valence-corrected chi connectivity index (χ2v) is 11.4. The van der Waals surface area contributed by atoms with Gasteiger partial charge in [0.1, 0.15) is 29.0 Å². The van der Waals surface area contributed by atoms with E-state index in [4.69, 9.17) is 18.6 Å². The minimum absolute atomic E-state index is 0.0577. The number of ether oxygens (including phenoxy) is 3. The highest BCUT2D eigenvalue weighted by Crippen LogP contribution is 2.31. The predicted octanol–water partition coefficient (Wildman–Crippen LogP) is 7.04. The Balaban J connectivity index is 1.36. The van der Waals surface area contributed by atoms with Gasteiger partial charge in [-0.3, -0.25) is 4.90 Å². The van der Waals surface area contributed by atoms with Crippen LogP contribution in [0.3, 0.4) is 0 Å². The van der Waals surface area contributed by atoms with E-state index in [1.54, 1.807) is 45.2 Å². The standard InChI is InChI=1S/C33H42N2O7/c1-21(2)30(32(36)37)35(33(38)42-27-14-12-26(39-5)13-15-27)17-16-24-9-7-11-28(19-24)40-20-29-23(4)41-31(34-29)25-10-6-8-22(3)18-25/h6,8,10,12-15,18,21,24,28,30H,7,9,11,16-17,19-20H2,1-5H3,(H,36,37). The zero-order chi connectivity index (χ0) is 30.2. The summed E-state index contributed by atoms with van der Waals surface area (Å²) in [6.45, 7) is 8.19. The van der Waals surface area contributed by atoms with Gasteiger partial charge in [-0.2, -0.15) is 0 Å². The summed E-state index contributed by atoms with van der Waals surface area (Å²) in [5.41, 5.74) is 2.88. The third-order valence-electron chi connectivity index (χ3n) is 7.85. The van der Waals surface area contributed by atoms with Crippen LogP contribution in [0.25, 0.3) is 11.5 Å². The number of nitrogens with zero attached hydrogens (tertiary/aromatic N) is 2. The summed E-state index contributed by atoms with van der Waals surface area (Å²) in [6, 6.07) is 13.7. The lowest BCUT2D eigenvalue weighted by Gasteiger charge is -2.34. The molecule has 1 aromatic heterocycles. The van der Waals surface area contributed by atoms with E-state index in [1.165, 1.54) is 4.90 Å². The fourth-order valence-electron chi connectivity index (χ4n) is 5.56. The van der Waals surface area contributed by atoms with Crippen LogP contribution in [0.1, 0.15) is 63.0 Å². The highest BCUT2D eigenvalue weighted by Gasteiger charge is 2.34. The molecule has 4 rings (SSSR count). The maximum atomic E-state index is 13.2. The minimum atomic E-state index is -1.05. The summed E-state index contributed by atoms with van der Waals surface area (Å²) >= 11 is 0. The third kappa shape index (κ3) is 8.12. The van der Waals surface area contributed by atoms with E-state index in [1.807, 2.05) is 38.1 Å². The topological polar surface area (TPSA) is 111 Å². The number of amides is 1. The van der Waals surface area contributed by atoms with Crippen LogP contribution in [-0.4, -0.2) is 52.9 Å². The van der Waals surface area contributed by atoms with Gasteiger partial charge < -0.3 is 23.7 Å². The van der Waals surface area contributed by atoms with E-state index in [0.29, 0.717) is 36.3 Å². The van der Waals surface area contributed by atoms with E-state index in [9.17, 15) is 14.7 Å². The maximum Gasteiger partial charge on any atom is 0.415 e. The second-order valence-electron chi connectivity index (χ2n) is 11.4. The molecular weight excluding hydrogens is 536 g/mol. The summed E-state index contributed by atoms with van der Waals surface area (Å²) in [5, 5.41) is 9.97. The molecule has 42 heavy (non-hydrogen) atoms. The largest absolute Gasteiger partial charge is 0.497 e. The smallest absolute Gasteiger partial charge is 0.415 e. The van der Waals surface area contributed by atoms with Gasteiger partial charge in [-0.25, -0.2) is 14.6 Å². The first kappa shape index (κ1) is 31.1. The molecule has 226 valence electrons. The van der Waals surface area contributed by atoms with E-state index < -0.39 is 18.1 Å². The molecule has 3 aromatic rings. The lowest BCUT2D eigenvalue weighted by molar-refractivity contribution is -0.144. The number of benzene rings is 2. The van der Waals surface area contributed by atoms with E-state index in [-0.39, 0.29) is 18.6 Å². The van der Waals surface area contributed by atoms with Crippen LogP contribution in [0.2, 0.25) is 0 Å². The van der Waals surface area contributed by atoms with Gasteiger partial charge in [0.05, 0.1) is 19.8 Å². The number of hydrogen-bond acceptors (Lipinski definition) is 7. The van der Waals surface area contributed by atoms with Gasteiger partial charge in [0.2, 0.25) is 5.89 Å². The Bertz CT molecular complexity index is 1330. The van der Waals surface area contributed by atoms with Crippen LogP contribution in [0.5, 0.6) is 11.5 Å². The predicted molar refractivity (Wildman–Crippen MR) is 159 cm³/mol. The quantitative estimate of drug-likeness (QED) is 0.244. The Kier molecular flexibility index (Phi) is 10.6. The molecule has 9 heteroatoms. The summed E-state index contributed by atoms with van der Waals surface area (Å²) in [4.78, 5) is 31.5. The van der Waals surface area contributed by atoms with Gasteiger partial charge in [-0.05, 0) is 81.3 Å². The van der Waals surface area contributed by atoms with Crippen molar-refractivity contribution in [3.63, 3.8) is 0 Å². The number of oxazole rings is 1. The summed E-state index contributed by atoms with van der Waals surface area (Å²) in [6.07, 6.45) is 3.84. The molecule has 9 nitrogen and oxygen atoms in total. The molecule has 0 saturated heterocycles. The number of aryl methyl sites for hydroxylation is 2. The Morgan fingerprint density at radius 1 is 1.10 bits per heavy atom. The zero-order valence-electron chi connectivity index (χ0n) is 25.2. The van der Waals surface area contributed by atoms with Crippen molar-refractivity contribution >= 4 is 12.1 Å². The number of aliphatic carboxylic acids is 1. The van der Waals surface area contributed by atoms with Gasteiger partial charge in [0.25, 0.3) is 0 Å². The molecule has 2 aromatic carbocycles. The van der Waals surface area contributed by atoms with Crippen LogP contribution in [0, 0.1) is 25.7 Å². The lowest BCUT2D eigenvalue weighted by atomic mass is 9.84. The van der Waals surface area contributed by atoms with E-state index >= 15 is 0 Å². The van der Waals surface area contributed by atoms with Crippen molar-refractivity contribution < 1.29 is 33.3 Å². The van der Waals surface area contributed by atoms with Crippen molar-refractivity contribution in [3.05, 3.63) is 65.5 Å². The van der Waals surface area contributed by atoms with Gasteiger partial charge in [-0.15, -0.1) is 0 Å². The molecule has 1 aliphatic carbocycles. The highest BCUT2D eigenvalue weighted by atomic mass is 16.6. The fraction of sp³-hybridized carbons (Fsp3) is 0.485. The molecule has 1 amide bonds. The SMILES string of the molecule is COc1ccc(OC(=O)N(CCC2CCCC(OCc3nc(-c4cccc(C)c4)oc3C)C2)C(C(=O)O)C(C)C)cc1. The number of carboxylic acid groups (broad SMARTS) is 1. The number of rotatable bonds is 12. The van der Waals surface area contributed by atoms with Crippen molar-refractivity contribution in [1.82, 2.24) is 9.88 Å². The Morgan fingerprint density at radius 2 is 1.83 bits per heavy atom. The van der Waals surface area contributed by atoms with Crippen LogP contribution < -0.4 is 9.47 Å². The Labute approximate surface area is 247 Å². The first-order valence-corrected chi connectivity index (χ1v) is 14.6. The molecule has 1 saturated carbocycles. The average Bonchev–Trinajstić information content (AvgIpc) is 3.34. The normalized spacial score (nSPS) is 17.6. The summed E-state index contributed by atoms with van der Waals surface area (Å²) < 4.78 is 23.0. The number of carboxylic acids is 1. The molecule has 3 unspecified atom stereocenters. The molecule has 1 heterocycles. The summed E-state index contributed by atoms with van der Waals surface area (Å²) in [5.74, 6) is 1.27. The van der Waals surface area contributed by atoms with Crippen molar-refractivity contribution in [2.24, 2.45) is 11.8 Å². The van der Waals surface area contributed by atoms with Gasteiger partial charge in [0, 0.05) is 12.1 Å². The number of aromatic nitrogens is 1. The molecule has 3 atom stereocenters. The number of carbonyl (C=O) groups is 2. The fourth-order valence-corrected chi connectivity index (χ4v) is 5.56. The van der Waals surface area contributed by atoms with Crippen LogP contribution >= 0.6 is 0 Å². The first-order valence-electron chi connectivity index (χ1n) is 14.6. The van der Waals surface area contributed by atoms with E-state index in [0.717, 1.165) is 48.3 Å². The van der Waals surface area contributed by atoms with Crippen molar-refractivity contribution in [2.75, 3.05) is 13.7 Å². The first-order chi connectivity index (χ1) is 20.1. The van der Waals surface area contributed by atoms with Crippen molar-refractivity contribution in [1.29, 1.82) is 0 Å². The van der Waals surface area contributed by atoms with Crippen LogP contribution in [-0.2, 0) is 16.1 Å². The molecule has 0 bridgehead atoms. The molecule has 1 aliphatic rings. The monoisotopic (exact) mass is 578 g/mol. The number of carbonyl (C=O) groups excluding carboxylic acids is 1. The maximum absolute atomic E-state index is 13.2. The van der Waals surface area contributed by atoms with Crippen molar-refractivity contribution in [3.8, 4) is 23.0 Å². The molecule has 0 spiro atoms. The molecular formula is C33H42N2O7.